The Morgan fingerprint density at radius 2 is 2.07 bits per heavy atom. The van der Waals surface area contributed by atoms with Crippen LogP contribution in [-0.4, -0.2) is 60.6 Å². The molecular weight excluding hydrogens is 375 g/mol. The van der Waals surface area contributed by atoms with Crippen LogP contribution in [0.3, 0.4) is 0 Å². The number of hydrogen-bond donors (Lipinski definition) is 1. The van der Waals surface area contributed by atoms with E-state index in [9.17, 15) is 18.0 Å². The van der Waals surface area contributed by atoms with Crippen LogP contribution in [0.5, 0.6) is 5.75 Å². The van der Waals surface area contributed by atoms with Gasteiger partial charge in [-0.3, -0.25) is 9.69 Å². The Bertz CT molecular complexity index is 840. The van der Waals surface area contributed by atoms with Gasteiger partial charge in [0, 0.05) is 37.0 Å². The molecule has 1 saturated heterocycles. The highest BCUT2D eigenvalue weighted by Gasteiger charge is 2.36. The number of carbonyl (C=O) groups is 1. The molecule has 0 bridgehead atoms. The van der Waals surface area contributed by atoms with Crippen molar-refractivity contribution in [2.45, 2.75) is 12.2 Å². The quantitative estimate of drug-likeness (QED) is 0.809. The van der Waals surface area contributed by atoms with Crippen molar-refractivity contribution < 1.29 is 22.7 Å². The van der Waals surface area contributed by atoms with Gasteiger partial charge in [-0.1, -0.05) is 6.07 Å². The first kappa shape index (κ1) is 19.9. The molecule has 1 amide bonds. The molecule has 0 saturated carbocycles. The highest BCUT2D eigenvalue weighted by Crippen LogP contribution is 2.30. The maximum Gasteiger partial charge on any atom is 0.433 e. The van der Waals surface area contributed by atoms with E-state index in [1.54, 1.807) is 43.3 Å². The zero-order chi connectivity index (χ0) is 20.3. The molecule has 1 aliphatic rings. The lowest BCUT2D eigenvalue weighted by Gasteiger charge is -2.44. The van der Waals surface area contributed by atoms with E-state index in [1.807, 2.05) is 4.90 Å². The number of alkyl halides is 3. The van der Waals surface area contributed by atoms with Crippen LogP contribution in [0.4, 0.5) is 24.7 Å². The summed E-state index contributed by atoms with van der Waals surface area (Å²) in [5.74, 6) is 0.687. The van der Waals surface area contributed by atoms with Gasteiger partial charge in [-0.05, 0) is 19.2 Å². The first-order chi connectivity index (χ1) is 13.3. The largest absolute Gasteiger partial charge is 0.497 e. The third-order valence-electron chi connectivity index (χ3n) is 4.50. The van der Waals surface area contributed by atoms with E-state index in [2.05, 4.69) is 15.3 Å². The Labute approximate surface area is 160 Å². The van der Waals surface area contributed by atoms with Crippen LogP contribution in [0, 0.1) is 0 Å². The highest BCUT2D eigenvalue weighted by molar-refractivity contribution is 5.92. The number of aromatic nitrogens is 2. The summed E-state index contributed by atoms with van der Waals surface area (Å²) in [5.41, 5.74) is -0.333. The molecule has 0 unspecified atom stereocenters. The maximum atomic E-state index is 12.8. The average Bonchev–Trinajstić information content (AvgIpc) is 2.60. The van der Waals surface area contributed by atoms with Crippen molar-refractivity contribution in [3.05, 3.63) is 42.4 Å². The number of nitrogens with one attached hydrogen (secondary N) is 1. The summed E-state index contributed by atoms with van der Waals surface area (Å²) < 4.78 is 43.4. The molecule has 1 fully saturated rings. The molecule has 0 radical (unpaired) electrons. The smallest absolute Gasteiger partial charge is 0.433 e. The number of halogens is 3. The fraction of sp³-hybridized carbons (Fsp3) is 0.389. The molecule has 1 aromatic heterocycles. The Morgan fingerprint density at radius 1 is 1.32 bits per heavy atom. The summed E-state index contributed by atoms with van der Waals surface area (Å²) in [6, 6.07) is 8.02. The molecule has 1 N–H and O–H groups in total. The van der Waals surface area contributed by atoms with Crippen molar-refractivity contribution >= 4 is 17.4 Å². The lowest BCUT2D eigenvalue weighted by Crippen LogP contribution is -2.59. The Hall–Kier alpha value is -2.88. The fourth-order valence-corrected chi connectivity index (χ4v) is 2.85. The van der Waals surface area contributed by atoms with E-state index in [1.165, 1.54) is 0 Å². The van der Waals surface area contributed by atoms with E-state index in [-0.39, 0.29) is 24.3 Å². The van der Waals surface area contributed by atoms with Crippen LogP contribution >= 0.6 is 0 Å². The molecule has 2 heterocycles. The minimum Gasteiger partial charge on any atom is -0.497 e. The molecule has 1 aliphatic heterocycles. The molecule has 28 heavy (non-hydrogen) atoms. The minimum atomic E-state index is -4.50. The fourth-order valence-electron chi connectivity index (χ4n) is 2.85. The lowest BCUT2D eigenvalue weighted by molar-refractivity contribution is -0.141. The lowest BCUT2D eigenvalue weighted by atomic mass is 10.1. The molecule has 0 atom stereocenters. The van der Waals surface area contributed by atoms with Crippen molar-refractivity contribution in [3.8, 4) is 5.75 Å². The Morgan fingerprint density at radius 3 is 2.75 bits per heavy atom. The first-order valence-corrected chi connectivity index (χ1v) is 8.54. The van der Waals surface area contributed by atoms with E-state index < -0.39 is 11.9 Å². The van der Waals surface area contributed by atoms with Crippen molar-refractivity contribution in [1.82, 2.24) is 14.9 Å². The van der Waals surface area contributed by atoms with Gasteiger partial charge in [-0.15, -0.1) is 0 Å². The number of likely N-dealkylation sites (N-methyl/N-ethyl adjacent to an activating group) is 1. The van der Waals surface area contributed by atoms with Gasteiger partial charge in [0.05, 0.1) is 13.7 Å². The number of carbonyl (C=O) groups excluding carboxylic acids is 1. The molecule has 7 nitrogen and oxygen atoms in total. The van der Waals surface area contributed by atoms with E-state index in [0.29, 0.717) is 24.5 Å². The van der Waals surface area contributed by atoms with Gasteiger partial charge in [0.25, 0.3) is 0 Å². The van der Waals surface area contributed by atoms with Crippen LogP contribution in [-0.2, 0) is 11.0 Å². The third-order valence-corrected chi connectivity index (χ3v) is 4.50. The van der Waals surface area contributed by atoms with Crippen LogP contribution in [0.2, 0.25) is 0 Å². The molecule has 0 aliphatic carbocycles. The zero-order valence-corrected chi connectivity index (χ0v) is 15.4. The van der Waals surface area contributed by atoms with Crippen LogP contribution in [0.25, 0.3) is 0 Å². The molecule has 3 rings (SSSR count). The SMILES string of the molecule is COc1cccc(NC(=O)CN(C)C2CN(c3cc(C(F)(F)F)ncn3)C2)c1. The van der Waals surface area contributed by atoms with Gasteiger partial charge in [-0.2, -0.15) is 13.2 Å². The van der Waals surface area contributed by atoms with Gasteiger partial charge < -0.3 is 15.0 Å². The standard InChI is InChI=1S/C18H20F3N5O2/c1-25(10-17(27)24-12-4-3-5-14(6-12)28-2)13-8-26(9-13)16-7-15(18(19,20)21)22-11-23-16/h3-7,11,13H,8-10H2,1-2H3,(H,24,27). The predicted octanol–water partition coefficient (Wildman–Crippen LogP) is 2.26. The van der Waals surface area contributed by atoms with Crippen molar-refractivity contribution in [1.29, 1.82) is 0 Å². The number of hydrogen-bond acceptors (Lipinski definition) is 6. The van der Waals surface area contributed by atoms with Gasteiger partial charge in [0.15, 0.2) is 0 Å². The number of ether oxygens (including phenoxy) is 1. The number of anilines is 2. The van der Waals surface area contributed by atoms with E-state index >= 15 is 0 Å². The van der Waals surface area contributed by atoms with Crippen LogP contribution < -0.4 is 15.0 Å². The van der Waals surface area contributed by atoms with Gasteiger partial charge >= 0.3 is 6.18 Å². The van der Waals surface area contributed by atoms with Gasteiger partial charge in [0.2, 0.25) is 5.91 Å². The second-order valence-corrected chi connectivity index (χ2v) is 6.51. The van der Waals surface area contributed by atoms with Gasteiger partial charge in [0.1, 0.15) is 23.6 Å². The predicted molar refractivity (Wildman–Crippen MR) is 97.3 cm³/mol. The second-order valence-electron chi connectivity index (χ2n) is 6.51. The van der Waals surface area contributed by atoms with E-state index in [4.69, 9.17) is 4.74 Å². The topological polar surface area (TPSA) is 70.6 Å². The Kier molecular flexibility index (Phi) is 5.68. The zero-order valence-electron chi connectivity index (χ0n) is 15.4. The summed E-state index contributed by atoms with van der Waals surface area (Å²) in [4.78, 5) is 23.0. The van der Waals surface area contributed by atoms with Crippen molar-refractivity contribution in [2.24, 2.45) is 0 Å². The number of amides is 1. The summed E-state index contributed by atoms with van der Waals surface area (Å²) >= 11 is 0. The number of methoxy groups -OCH3 is 1. The van der Waals surface area contributed by atoms with Crippen molar-refractivity contribution in [3.63, 3.8) is 0 Å². The normalized spacial score (nSPS) is 14.7. The summed E-state index contributed by atoms with van der Waals surface area (Å²) in [5, 5.41) is 2.80. The van der Waals surface area contributed by atoms with Crippen molar-refractivity contribution in [2.75, 3.05) is 44.0 Å². The average molecular weight is 395 g/mol. The molecule has 2 aromatic rings. The summed E-state index contributed by atoms with van der Waals surface area (Å²) in [7, 11) is 3.35. The third kappa shape index (κ3) is 4.69. The Balaban J connectivity index is 1.51. The maximum absolute atomic E-state index is 12.8. The van der Waals surface area contributed by atoms with Gasteiger partial charge in [-0.25, -0.2) is 9.97 Å². The number of rotatable bonds is 6. The van der Waals surface area contributed by atoms with Crippen LogP contribution in [0.15, 0.2) is 36.7 Å². The molecule has 150 valence electrons. The molecular formula is C18H20F3N5O2. The number of nitrogens with zero attached hydrogens (tertiary/aromatic N) is 4. The second kappa shape index (κ2) is 8.01. The number of benzene rings is 1. The molecule has 10 heteroatoms. The van der Waals surface area contributed by atoms with Crippen LogP contribution in [0.1, 0.15) is 5.69 Å². The first-order valence-electron chi connectivity index (χ1n) is 8.54. The molecule has 1 aromatic carbocycles. The monoisotopic (exact) mass is 395 g/mol. The summed E-state index contributed by atoms with van der Waals surface area (Å²) in [6.07, 6.45) is -3.59. The minimum absolute atomic E-state index is 0.0420. The molecule has 0 spiro atoms. The van der Waals surface area contributed by atoms with E-state index in [0.717, 1.165) is 12.4 Å². The summed E-state index contributed by atoms with van der Waals surface area (Å²) in [6.45, 7) is 1.13. The highest BCUT2D eigenvalue weighted by atomic mass is 19.4.